The molecule has 0 radical (unpaired) electrons. The molecule has 2 N–H and O–H groups in total. The van der Waals surface area contributed by atoms with Crippen molar-refractivity contribution in [2.75, 3.05) is 6.61 Å². The zero-order chi connectivity index (χ0) is 8.85. The minimum atomic E-state index is 0.0416. The van der Waals surface area contributed by atoms with Crippen LogP contribution in [0.1, 0.15) is 27.7 Å². The largest absolute Gasteiger partial charge is 0.497 e. The standard InChI is InChI=1S/C9H19NO/c1-5-8(11-6-2)9(10)7(3)4/h5,7,9H,6,10H2,1-4H3/b8-5-. The van der Waals surface area contributed by atoms with Gasteiger partial charge in [-0.2, -0.15) is 0 Å². The number of hydrogen-bond donors (Lipinski definition) is 1. The van der Waals surface area contributed by atoms with E-state index < -0.39 is 0 Å². The van der Waals surface area contributed by atoms with Crippen LogP contribution >= 0.6 is 0 Å². The summed E-state index contributed by atoms with van der Waals surface area (Å²) < 4.78 is 5.35. The van der Waals surface area contributed by atoms with Crippen molar-refractivity contribution >= 4 is 0 Å². The van der Waals surface area contributed by atoms with Gasteiger partial charge in [0.05, 0.1) is 12.6 Å². The number of allylic oxidation sites excluding steroid dienone is 1. The van der Waals surface area contributed by atoms with Crippen LogP contribution in [0.3, 0.4) is 0 Å². The summed E-state index contributed by atoms with van der Waals surface area (Å²) in [6.07, 6.45) is 1.94. The Hall–Kier alpha value is -0.500. The van der Waals surface area contributed by atoms with Gasteiger partial charge in [-0.15, -0.1) is 0 Å². The molecule has 1 atom stereocenters. The van der Waals surface area contributed by atoms with Crippen LogP contribution in [-0.2, 0) is 4.74 Å². The third-order valence-corrected chi connectivity index (χ3v) is 1.64. The summed E-state index contributed by atoms with van der Waals surface area (Å²) >= 11 is 0. The highest BCUT2D eigenvalue weighted by atomic mass is 16.5. The maximum atomic E-state index is 5.86. The summed E-state index contributed by atoms with van der Waals surface area (Å²) in [5, 5.41) is 0. The third kappa shape index (κ3) is 3.42. The van der Waals surface area contributed by atoms with E-state index in [1.165, 1.54) is 0 Å². The molecule has 0 aliphatic rings. The van der Waals surface area contributed by atoms with Crippen LogP contribution < -0.4 is 5.73 Å². The summed E-state index contributed by atoms with van der Waals surface area (Å²) in [6, 6.07) is 0.0416. The first kappa shape index (κ1) is 10.5. The summed E-state index contributed by atoms with van der Waals surface area (Å²) in [4.78, 5) is 0. The van der Waals surface area contributed by atoms with E-state index in [4.69, 9.17) is 10.5 Å². The molecule has 0 spiro atoms. The van der Waals surface area contributed by atoms with Gasteiger partial charge < -0.3 is 10.5 Å². The first-order valence-electron chi connectivity index (χ1n) is 4.18. The first-order valence-corrected chi connectivity index (χ1v) is 4.18. The van der Waals surface area contributed by atoms with Crippen molar-refractivity contribution in [2.24, 2.45) is 11.7 Å². The SMILES string of the molecule is C/C=C(\OCC)C(N)C(C)C. The molecule has 0 aromatic heterocycles. The van der Waals surface area contributed by atoms with E-state index in [0.717, 1.165) is 5.76 Å². The van der Waals surface area contributed by atoms with Crippen molar-refractivity contribution < 1.29 is 4.74 Å². The molecule has 2 heteroatoms. The topological polar surface area (TPSA) is 35.2 Å². The molecule has 1 unspecified atom stereocenters. The molecular formula is C9H19NO. The zero-order valence-corrected chi connectivity index (χ0v) is 7.92. The molecule has 2 nitrogen and oxygen atoms in total. The summed E-state index contributed by atoms with van der Waals surface area (Å²) in [7, 11) is 0. The van der Waals surface area contributed by atoms with Crippen LogP contribution in [0.25, 0.3) is 0 Å². The lowest BCUT2D eigenvalue weighted by Gasteiger charge is -2.19. The second-order valence-electron chi connectivity index (χ2n) is 2.89. The van der Waals surface area contributed by atoms with E-state index >= 15 is 0 Å². The quantitative estimate of drug-likeness (QED) is 0.633. The van der Waals surface area contributed by atoms with E-state index in [1.54, 1.807) is 0 Å². The van der Waals surface area contributed by atoms with Crippen LogP contribution in [0.15, 0.2) is 11.8 Å². The van der Waals surface area contributed by atoms with Gasteiger partial charge in [-0.1, -0.05) is 13.8 Å². The third-order valence-electron chi connectivity index (χ3n) is 1.64. The Morgan fingerprint density at radius 1 is 1.55 bits per heavy atom. The highest BCUT2D eigenvalue weighted by Crippen LogP contribution is 2.10. The van der Waals surface area contributed by atoms with Gasteiger partial charge >= 0.3 is 0 Å². The van der Waals surface area contributed by atoms with Crippen molar-refractivity contribution in [3.05, 3.63) is 11.8 Å². The lowest BCUT2D eigenvalue weighted by atomic mass is 10.0. The van der Waals surface area contributed by atoms with E-state index in [-0.39, 0.29) is 6.04 Å². The smallest absolute Gasteiger partial charge is 0.109 e. The Bertz CT molecular complexity index is 130. The van der Waals surface area contributed by atoms with Gasteiger partial charge in [0.1, 0.15) is 5.76 Å². The van der Waals surface area contributed by atoms with Crippen LogP contribution in [0.4, 0.5) is 0 Å². The predicted octanol–water partition coefficient (Wildman–Crippen LogP) is 1.91. The Morgan fingerprint density at radius 3 is 2.36 bits per heavy atom. The summed E-state index contributed by atoms with van der Waals surface area (Å²) in [6.45, 7) is 8.80. The molecule has 0 aliphatic carbocycles. The van der Waals surface area contributed by atoms with Crippen molar-refractivity contribution in [1.82, 2.24) is 0 Å². The van der Waals surface area contributed by atoms with Crippen LogP contribution in [-0.4, -0.2) is 12.6 Å². The lowest BCUT2D eigenvalue weighted by Crippen LogP contribution is -2.29. The lowest BCUT2D eigenvalue weighted by molar-refractivity contribution is 0.196. The molecule has 0 aliphatic heterocycles. The number of rotatable bonds is 4. The molecule has 66 valence electrons. The Balaban J connectivity index is 4.04. The van der Waals surface area contributed by atoms with Gasteiger partial charge in [0, 0.05) is 0 Å². The van der Waals surface area contributed by atoms with Gasteiger partial charge in [0.15, 0.2) is 0 Å². The molecule has 0 heterocycles. The monoisotopic (exact) mass is 157 g/mol. The molecule has 0 bridgehead atoms. The minimum absolute atomic E-state index is 0.0416. The molecule has 0 aromatic carbocycles. The highest BCUT2D eigenvalue weighted by molar-refractivity contribution is 5.01. The van der Waals surface area contributed by atoms with Crippen molar-refractivity contribution in [2.45, 2.75) is 33.7 Å². The zero-order valence-electron chi connectivity index (χ0n) is 7.92. The fourth-order valence-electron chi connectivity index (χ4n) is 0.867. The van der Waals surface area contributed by atoms with E-state index in [0.29, 0.717) is 12.5 Å². The molecule has 0 saturated heterocycles. The maximum Gasteiger partial charge on any atom is 0.109 e. The Kier molecular flexibility index (Phi) is 4.95. The minimum Gasteiger partial charge on any atom is -0.497 e. The molecule has 0 rings (SSSR count). The molecule has 0 fully saturated rings. The Labute approximate surface area is 69.4 Å². The number of hydrogen-bond acceptors (Lipinski definition) is 2. The normalized spacial score (nSPS) is 15.3. The fraction of sp³-hybridized carbons (Fsp3) is 0.778. The van der Waals surface area contributed by atoms with Crippen molar-refractivity contribution in [3.63, 3.8) is 0 Å². The molecule has 11 heavy (non-hydrogen) atoms. The van der Waals surface area contributed by atoms with Gasteiger partial charge in [0.25, 0.3) is 0 Å². The number of nitrogens with two attached hydrogens (primary N) is 1. The average Bonchev–Trinajstić information content (AvgIpc) is 1.98. The van der Waals surface area contributed by atoms with Crippen LogP contribution in [0.5, 0.6) is 0 Å². The van der Waals surface area contributed by atoms with E-state index in [1.807, 2.05) is 19.9 Å². The number of ether oxygens (including phenoxy) is 1. The van der Waals surface area contributed by atoms with Crippen LogP contribution in [0.2, 0.25) is 0 Å². The molecule has 0 amide bonds. The van der Waals surface area contributed by atoms with Gasteiger partial charge in [-0.3, -0.25) is 0 Å². The van der Waals surface area contributed by atoms with E-state index in [9.17, 15) is 0 Å². The van der Waals surface area contributed by atoms with Gasteiger partial charge in [-0.05, 0) is 25.8 Å². The van der Waals surface area contributed by atoms with Crippen LogP contribution in [0, 0.1) is 5.92 Å². The van der Waals surface area contributed by atoms with Crippen molar-refractivity contribution in [1.29, 1.82) is 0 Å². The van der Waals surface area contributed by atoms with Gasteiger partial charge in [0.2, 0.25) is 0 Å². The molecular weight excluding hydrogens is 138 g/mol. The second-order valence-corrected chi connectivity index (χ2v) is 2.89. The summed E-state index contributed by atoms with van der Waals surface area (Å²) in [5.74, 6) is 1.34. The Morgan fingerprint density at radius 2 is 2.09 bits per heavy atom. The van der Waals surface area contributed by atoms with Gasteiger partial charge in [-0.25, -0.2) is 0 Å². The second kappa shape index (κ2) is 5.19. The van der Waals surface area contributed by atoms with Crippen molar-refractivity contribution in [3.8, 4) is 0 Å². The maximum absolute atomic E-state index is 5.86. The molecule has 0 saturated carbocycles. The molecule has 0 aromatic rings. The summed E-state index contributed by atoms with van der Waals surface area (Å²) in [5.41, 5.74) is 5.86. The highest BCUT2D eigenvalue weighted by Gasteiger charge is 2.12. The predicted molar refractivity (Wildman–Crippen MR) is 48.2 cm³/mol. The first-order chi connectivity index (χ1) is 5.13. The van der Waals surface area contributed by atoms with E-state index in [2.05, 4.69) is 13.8 Å². The fourth-order valence-corrected chi connectivity index (χ4v) is 0.867. The average molecular weight is 157 g/mol.